The molecule has 2 aromatic carbocycles. The standard InChI is InChI=1S/C14H9Br2N3O/c15-9-5-8(13(20)10(16)6-9)7-17-14-18-11-3-1-2-4-12(11)19-14/h1-7,20H,(H,18,19)/b17-7+. The van der Waals surface area contributed by atoms with Crippen LogP contribution in [0.25, 0.3) is 11.0 Å². The van der Waals surface area contributed by atoms with Crippen molar-refractivity contribution in [2.75, 3.05) is 0 Å². The number of benzene rings is 2. The average Bonchev–Trinajstić information content (AvgIpc) is 2.84. The van der Waals surface area contributed by atoms with E-state index in [2.05, 4.69) is 46.8 Å². The summed E-state index contributed by atoms with van der Waals surface area (Å²) in [5.41, 5.74) is 2.39. The smallest absolute Gasteiger partial charge is 0.227 e. The number of aliphatic imine (C=N–C) groups is 1. The lowest BCUT2D eigenvalue weighted by Crippen LogP contribution is -1.84. The number of phenolic OH excluding ortho intramolecular Hbond substituents is 1. The number of para-hydroxylation sites is 2. The third-order valence-electron chi connectivity index (χ3n) is 2.76. The van der Waals surface area contributed by atoms with E-state index in [-0.39, 0.29) is 5.75 Å². The minimum atomic E-state index is 0.146. The number of imidazole rings is 1. The number of nitrogens with zero attached hydrogens (tertiary/aromatic N) is 2. The molecule has 1 heterocycles. The van der Waals surface area contributed by atoms with E-state index in [1.165, 1.54) is 0 Å². The number of rotatable bonds is 2. The number of aromatic hydroxyl groups is 1. The minimum Gasteiger partial charge on any atom is -0.506 e. The molecule has 0 saturated carbocycles. The van der Waals surface area contributed by atoms with Gasteiger partial charge in [0, 0.05) is 16.3 Å². The van der Waals surface area contributed by atoms with Crippen LogP contribution in [0.5, 0.6) is 5.75 Å². The Hall–Kier alpha value is -1.66. The molecule has 100 valence electrons. The van der Waals surface area contributed by atoms with Crippen molar-refractivity contribution < 1.29 is 5.11 Å². The molecule has 0 aliphatic carbocycles. The molecule has 3 rings (SSSR count). The number of aromatic nitrogens is 2. The Morgan fingerprint density at radius 1 is 1.20 bits per heavy atom. The number of fused-ring (bicyclic) bond motifs is 1. The van der Waals surface area contributed by atoms with Crippen LogP contribution in [0.3, 0.4) is 0 Å². The second kappa shape index (κ2) is 5.38. The van der Waals surface area contributed by atoms with Gasteiger partial charge in [0.15, 0.2) is 0 Å². The molecule has 20 heavy (non-hydrogen) atoms. The number of aromatic amines is 1. The van der Waals surface area contributed by atoms with E-state index < -0.39 is 0 Å². The first-order valence-corrected chi connectivity index (χ1v) is 7.39. The Morgan fingerprint density at radius 3 is 2.80 bits per heavy atom. The maximum Gasteiger partial charge on any atom is 0.227 e. The van der Waals surface area contributed by atoms with Gasteiger partial charge >= 0.3 is 0 Å². The lowest BCUT2D eigenvalue weighted by atomic mass is 10.2. The van der Waals surface area contributed by atoms with Gasteiger partial charge in [-0.3, -0.25) is 0 Å². The van der Waals surface area contributed by atoms with Crippen LogP contribution in [-0.2, 0) is 0 Å². The first-order valence-electron chi connectivity index (χ1n) is 5.80. The van der Waals surface area contributed by atoms with Crippen molar-refractivity contribution >= 4 is 55.1 Å². The van der Waals surface area contributed by atoms with Crippen LogP contribution in [-0.4, -0.2) is 21.3 Å². The summed E-state index contributed by atoms with van der Waals surface area (Å²) in [5.74, 6) is 0.648. The lowest BCUT2D eigenvalue weighted by Gasteiger charge is -2.02. The molecular formula is C14H9Br2N3O. The molecule has 0 unspecified atom stereocenters. The largest absolute Gasteiger partial charge is 0.506 e. The Morgan fingerprint density at radius 2 is 2.00 bits per heavy atom. The van der Waals surface area contributed by atoms with Gasteiger partial charge in [-0.15, -0.1) is 0 Å². The number of hydrogen-bond donors (Lipinski definition) is 2. The molecule has 0 amide bonds. The second-order valence-corrected chi connectivity index (χ2v) is 5.93. The van der Waals surface area contributed by atoms with Gasteiger partial charge < -0.3 is 10.1 Å². The van der Waals surface area contributed by atoms with Crippen LogP contribution < -0.4 is 0 Å². The lowest BCUT2D eigenvalue weighted by molar-refractivity contribution is 0.471. The van der Waals surface area contributed by atoms with Gasteiger partial charge in [-0.2, -0.15) is 0 Å². The Bertz CT molecular complexity index is 778. The van der Waals surface area contributed by atoms with E-state index in [4.69, 9.17) is 0 Å². The van der Waals surface area contributed by atoms with Gasteiger partial charge in [0.25, 0.3) is 0 Å². The van der Waals surface area contributed by atoms with E-state index in [1.807, 2.05) is 24.3 Å². The zero-order valence-electron chi connectivity index (χ0n) is 10.1. The molecule has 4 nitrogen and oxygen atoms in total. The van der Waals surface area contributed by atoms with Crippen molar-refractivity contribution in [3.8, 4) is 5.75 Å². The average molecular weight is 395 g/mol. The fourth-order valence-corrected chi connectivity index (χ4v) is 3.07. The summed E-state index contributed by atoms with van der Waals surface area (Å²) in [4.78, 5) is 11.7. The zero-order valence-corrected chi connectivity index (χ0v) is 13.3. The third-order valence-corrected chi connectivity index (χ3v) is 3.82. The van der Waals surface area contributed by atoms with Crippen LogP contribution in [0, 0.1) is 0 Å². The molecule has 0 bridgehead atoms. The fraction of sp³-hybridized carbons (Fsp3) is 0. The highest BCUT2D eigenvalue weighted by Gasteiger charge is 2.06. The summed E-state index contributed by atoms with van der Waals surface area (Å²) in [7, 11) is 0. The Kier molecular flexibility index (Phi) is 3.58. The number of hydrogen-bond acceptors (Lipinski definition) is 3. The normalized spacial score (nSPS) is 11.5. The van der Waals surface area contributed by atoms with Crippen molar-refractivity contribution in [2.45, 2.75) is 0 Å². The number of nitrogens with one attached hydrogen (secondary N) is 1. The number of H-pyrrole nitrogens is 1. The van der Waals surface area contributed by atoms with Crippen LogP contribution in [0.1, 0.15) is 5.56 Å². The highest BCUT2D eigenvalue weighted by molar-refractivity contribution is 9.11. The number of halogens is 2. The van der Waals surface area contributed by atoms with Gasteiger partial charge in [-0.1, -0.05) is 28.1 Å². The molecule has 0 saturated heterocycles. The first-order chi connectivity index (χ1) is 9.63. The molecule has 1 aromatic heterocycles. The summed E-state index contributed by atoms with van der Waals surface area (Å²) in [6.45, 7) is 0. The van der Waals surface area contributed by atoms with Crippen LogP contribution >= 0.6 is 31.9 Å². The van der Waals surface area contributed by atoms with E-state index in [9.17, 15) is 5.11 Å². The molecule has 0 aliphatic heterocycles. The van der Waals surface area contributed by atoms with Gasteiger partial charge in [-0.25, -0.2) is 9.98 Å². The van der Waals surface area contributed by atoms with Gasteiger partial charge in [0.05, 0.1) is 15.5 Å². The highest BCUT2D eigenvalue weighted by atomic mass is 79.9. The van der Waals surface area contributed by atoms with E-state index in [0.29, 0.717) is 16.0 Å². The Balaban J connectivity index is 1.98. The molecule has 3 aromatic rings. The summed E-state index contributed by atoms with van der Waals surface area (Å²) >= 11 is 6.66. The van der Waals surface area contributed by atoms with Crippen molar-refractivity contribution in [3.05, 3.63) is 50.9 Å². The van der Waals surface area contributed by atoms with Gasteiger partial charge in [0.1, 0.15) is 5.75 Å². The minimum absolute atomic E-state index is 0.146. The zero-order chi connectivity index (χ0) is 14.1. The molecule has 0 fully saturated rings. The van der Waals surface area contributed by atoms with E-state index >= 15 is 0 Å². The summed E-state index contributed by atoms with van der Waals surface area (Å²) < 4.78 is 1.46. The topological polar surface area (TPSA) is 61.3 Å². The van der Waals surface area contributed by atoms with Gasteiger partial charge in [-0.05, 0) is 40.2 Å². The van der Waals surface area contributed by atoms with E-state index in [1.54, 1.807) is 18.3 Å². The molecule has 2 N–H and O–H groups in total. The maximum atomic E-state index is 9.95. The predicted molar refractivity (Wildman–Crippen MR) is 86.9 cm³/mol. The molecular weight excluding hydrogens is 386 g/mol. The summed E-state index contributed by atoms with van der Waals surface area (Å²) in [6.07, 6.45) is 1.57. The SMILES string of the molecule is Oc1c(Br)cc(Br)cc1/C=N/c1nc2ccccc2[nH]1. The van der Waals surface area contributed by atoms with E-state index in [0.717, 1.165) is 15.5 Å². The second-order valence-electron chi connectivity index (χ2n) is 4.16. The third kappa shape index (κ3) is 2.62. The first kappa shape index (κ1) is 13.3. The Labute approximate surface area is 131 Å². The molecule has 6 heteroatoms. The predicted octanol–water partition coefficient (Wildman–Crippen LogP) is 4.54. The maximum absolute atomic E-state index is 9.95. The van der Waals surface area contributed by atoms with Crippen LogP contribution in [0.4, 0.5) is 5.95 Å². The molecule has 0 spiro atoms. The summed E-state index contributed by atoms with van der Waals surface area (Å²) in [6, 6.07) is 11.3. The highest BCUT2D eigenvalue weighted by Crippen LogP contribution is 2.30. The quantitative estimate of drug-likeness (QED) is 0.626. The molecule has 0 atom stereocenters. The van der Waals surface area contributed by atoms with Crippen LogP contribution in [0.15, 0.2) is 50.3 Å². The summed E-state index contributed by atoms with van der Waals surface area (Å²) in [5, 5.41) is 9.95. The van der Waals surface area contributed by atoms with Crippen molar-refractivity contribution in [1.29, 1.82) is 0 Å². The monoisotopic (exact) mass is 393 g/mol. The van der Waals surface area contributed by atoms with Crippen LogP contribution in [0.2, 0.25) is 0 Å². The van der Waals surface area contributed by atoms with Crippen molar-refractivity contribution in [1.82, 2.24) is 9.97 Å². The van der Waals surface area contributed by atoms with Crippen molar-refractivity contribution in [3.63, 3.8) is 0 Å². The molecule has 0 radical (unpaired) electrons. The fourth-order valence-electron chi connectivity index (χ4n) is 1.82. The molecule has 0 aliphatic rings. The van der Waals surface area contributed by atoms with Crippen molar-refractivity contribution in [2.24, 2.45) is 4.99 Å². The van der Waals surface area contributed by atoms with Gasteiger partial charge in [0.2, 0.25) is 5.95 Å². The number of phenols is 1.